The third-order valence-corrected chi connectivity index (χ3v) is 3.36. The summed E-state index contributed by atoms with van der Waals surface area (Å²) in [6.45, 7) is 1.12. The van der Waals surface area contributed by atoms with Crippen molar-refractivity contribution < 1.29 is 9.53 Å². The highest BCUT2D eigenvalue weighted by Crippen LogP contribution is 2.09. The van der Waals surface area contributed by atoms with Gasteiger partial charge in [0, 0.05) is 18.3 Å². The van der Waals surface area contributed by atoms with Crippen molar-refractivity contribution in [1.82, 2.24) is 10.6 Å². The van der Waals surface area contributed by atoms with Gasteiger partial charge in [0.15, 0.2) is 5.96 Å². The predicted molar refractivity (Wildman–Crippen MR) is 120 cm³/mol. The van der Waals surface area contributed by atoms with Gasteiger partial charge in [0.25, 0.3) is 0 Å². The Balaban J connectivity index is 0.00000364. The fourth-order valence-corrected chi connectivity index (χ4v) is 2.13. The van der Waals surface area contributed by atoms with E-state index < -0.39 is 0 Å². The number of aliphatic imine (C=N–C) groups is 1. The number of hydrogen-bond acceptors (Lipinski definition) is 3. The van der Waals surface area contributed by atoms with Crippen LogP contribution >= 0.6 is 24.0 Å². The van der Waals surface area contributed by atoms with Gasteiger partial charge in [-0.1, -0.05) is 30.2 Å². The van der Waals surface area contributed by atoms with Gasteiger partial charge in [0.2, 0.25) is 5.91 Å². The first kappa shape index (κ1) is 22.3. The van der Waals surface area contributed by atoms with Crippen molar-refractivity contribution in [1.29, 1.82) is 0 Å². The van der Waals surface area contributed by atoms with E-state index in [1.807, 2.05) is 30.3 Å². The quantitative estimate of drug-likeness (QED) is 0.188. The second-order valence-corrected chi connectivity index (χ2v) is 5.29. The molecule has 0 saturated carbocycles. The van der Waals surface area contributed by atoms with Crippen LogP contribution in [0.4, 0.5) is 5.69 Å². The Morgan fingerprint density at radius 2 is 1.93 bits per heavy atom. The lowest BCUT2D eigenvalue weighted by Gasteiger charge is -2.12. The highest BCUT2D eigenvalue weighted by atomic mass is 127. The first-order chi connectivity index (χ1) is 12.7. The first-order valence-corrected chi connectivity index (χ1v) is 8.20. The molecule has 0 fully saturated rings. The summed E-state index contributed by atoms with van der Waals surface area (Å²) in [6, 6.07) is 16.7. The molecule has 0 saturated heterocycles. The van der Waals surface area contributed by atoms with Gasteiger partial charge in [0.05, 0.1) is 13.1 Å². The molecule has 2 aromatic rings. The zero-order chi connectivity index (χ0) is 18.6. The number of anilines is 1. The number of nitrogens with one attached hydrogen (secondary N) is 3. The lowest BCUT2D eigenvalue weighted by molar-refractivity contribution is -0.115. The van der Waals surface area contributed by atoms with E-state index >= 15 is 0 Å². The van der Waals surface area contributed by atoms with Crippen LogP contribution in [0.25, 0.3) is 0 Å². The molecule has 2 rings (SSSR count). The van der Waals surface area contributed by atoms with Crippen molar-refractivity contribution in [2.75, 3.05) is 32.1 Å². The normalized spacial score (nSPS) is 10.1. The van der Waals surface area contributed by atoms with Gasteiger partial charge in [-0.2, -0.15) is 0 Å². The Morgan fingerprint density at radius 1 is 1.15 bits per heavy atom. The fourth-order valence-electron chi connectivity index (χ4n) is 2.13. The molecule has 0 spiro atoms. The Labute approximate surface area is 176 Å². The van der Waals surface area contributed by atoms with Crippen molar-refractivity contribution in [2.45, 2.75) is 0 Å². The van der Waals surface area contributed by atoms with E-state index in [4.69, 9.17) is 11.2 Å². The Kier molecular flexibility index (Phi) is 10.4. The van der Waals surface area contributed by atoms with Crippen molar-refractivity contribution in [2.24, 2.45) is 4.99 Å². The molecule has 0 aliphatic carbocycles. The van der Waals surface area contributed by atoms with Crippen LogP contribution in [0.1, 0.15) is 5.56 Å². The van der Waals surface area contributed by atoms with E-state index in [2.05, 4.69) is 26.9 Å². The molecule has 0 aliphatic rings. The number of nitrogens with zero attached hydrogens (tertiary/aromatic N) is 1. The third-order valence-electron chi connectivity index (χ3n) is 3.36. The Hall–Kier alpha value is -2.73. The maximum atomic E-state index is 12.0. The number of benzene rings is 2. The second-order valence-electron chi connectivity index (χ2n) is 5.29. The third kappa shape index (κ3) is 8.46. The number of carbonyl (C=O) groups is 1. The number of hydrogen-bond donors (Lipinski definition) is 3. The van der Waals surface area contributed by atoms with Gasteiger partial charge in [0.1, 0.15) is 12.4 Å². The van der Waals surface area contributed by atoms with Gasteiger partial charge in [-0.15, -0.1) is 30.4 Å². The number of terminal acetylenes is 1. The van der Waals surface area contributed by atoms with Gasteiger partial charge >= 0.3 is 0 Å². The molecular weight excluding hydrogens is 455 g/mol. The SMILES string of the molecule is C#Cc1cccc(NC(=O)CNC(=NC)NCCOc2ccccc2)c1.I. The minimum atomic E-state index is -0.192. The van der Waals surface area contributed by atoms with Crippen LogP contribution < -0.4 is 20.7 Å². The Morgan fingerprint density at radius 3 is 2.63 bits per heavy atom. The number of ether oxygens (including phenoxy) is 1. The van der Waals surface area contributed by atoms with Crippen LogP contribution in [-0.4, -0.2) is 38.6 Å². The lowest BCUT2D eigenvalue weighted by Crippen LogP contribution is -2.42. The summed E-state index contributed by atoms with van der Waals surface area (Å²) in [5.41, 5.74) is 1.37. The van der Waals surface area contributed by atoms with Gasteiger partial charge in [-0.05, 0) is 30.3 Å². The van der Waals surface area contributed by atoms with Gasteiger partial charge in [-0.3, -0.25) is 9.79 Å². The standard InChI is InChI=1S/C20H22N4O2.HI/c1-3-16-8-7-9-17(14-16)24-19(25)15-23-20(21-2)22-12-13-26-18-10-5-4-6-11-18;/h1,4-11,14H,12-13,15H2,2H3,(H,24,25)(H2,21,22,23);1H. The molecule has 0 radical (unpaired) electrons. The van der Waals surface area contributed by atoms with Gasteiger partial charge in [-0.25, -0.2) is 0 Å². The molecule has 0 bridgehead atoms. The molecule has 2 aromatic carbocycles. The zero-order valence-corrected chi connectivity index (χ0v) is 17.4. The van der Waals surface area contributed by atoms with E-state index in [1.54, 1.807) is 31.3 Å². The van der Waals surface area contributed by atoms with E-state index in [1.165, 1.54) is 0 Å². The second kappa shape index (κ2) is 12.6. The monoisotopic (exact) mass is 478 g/mol. The Bertz CT molecular complexity index is 788. The smallest absolute Gasteiger partial charge is 0.243 e. The summed E-state index contributed by atoms with van der Waals surface area (Å²) < 4.78 is 5.59. The molecular formula is C20H23IN4O2. The van der Waals surface area contributed by atoms with Crippen LogP contribution in [0.2, 0.25) is 0 Å². The molecule has 1 amide bonds. The molecule has 0 unspecified atom stereocenters. The van der Waals surface area contributed by atoms with Crippen LogP contribution in [0.5, 0.6) is 5.75 Å². The minimum Gasteiger partial charge on any atom is -0.492 e. The number of para-hydroxylation sites is 1. The summed E-state index contributed by atoms with van der Waals surface area (Å²) in [5, 5.41) is 8.81. The average molecular weight is 478 g/mol. The molecule has 27 heavy (non-hydrogen) atoms. The number of guanidine groups is 1. The molecule has 7 heteroatoms. The maximum absolute atomic E-state index is 12.0. The summed E-state index contributed by atoms with van der Waals surface area (Å²) >= 11 is 0. The van der Waals surface area contributed by atoms with Crippen LogP contribution in [0.3, 0.4) is 0 Å². The number of halogens is 1. The highest BCUT2D eigenvalue weighted by molar-refractivity contribution is 14.0. The first-order valence-electron chi connectivity index (χ1n) is 8.20. The topological polar surface area (TPSA) is 74.8 Å². The van der Waals surface area contributed by atoms with E-state index in [9.17, 15) is 4.79 Å². The van der Waals surface area contributed by atoms with Crippen LogP contribution in [-0.2, 0) is 4.79 Å². The maximum Gasteiger partial charge on any atom is 0.243 e. The summed E-state index contributed by atoms with van der Waals surface area (Å²) in [7, 11) is 1.64. The highest BCUT2D eigenvalue weighted by Gasteiger charge is 2.04. The van der Waals surface area contributed by atoms with E-state index in [0.717, 1.165) is 5.75 Å². The van der Waals surface area contributed by atoms with Crippen molar-refractivity contribution >= 4 is 41.5 Å². The summed E-state index contributed by atoms with van der Waals surface area (Å²) in [5.74, 6) is 3.67. The molecule has 0 aromatic heterocycles. The van der Waals surface area contributed by atoms with Crippen molar-refractivity contribution in [3.8, 4) is 18.1 Å². The fraction of sp³-hybridized carbons (Fsp3) is 0.200. The zero-order valence-electron chi connectivity index (χ0n) is 15.1. The summed E-state index contributed by atoms with van der Waals surface area (Å²) in [6.07, 6.45) is 5.35. The van der Waals surface area contributed by atoms with E-state index in [-0.39, 0.29) is 36.4 Å². The molecule has 0 heterocycles. The van der Waals surface area contributed by atoms with Gasteiger partial charge < -0.3 is 20.7 Å². The minimum absolute atomic E-state index is 0. The number of amides is 1. The number of carbonyl (C=O) groups excluding carboxylic acids is 1. The molecule has 0 aliphatic heterocycles. The van der Waals surface area contributed by atoms with Crippen LogP contribution in [0, 0.1) is 12.3 Å². The molecule has 6 nitrogen and oxygen atoms in total. The molecule has 0 atom stereocenters. The average Bonchev–Trinajstić information content (AvgIpc) is 2.68. The molecule has 142 valence electrons. The molecule has 3 N–H and O–H groups in total. The largest absolute Gasteiger partial charge is 0.492 e. The van der Waals surface area contributed by atoms with Crippen molar-refractivity contribution in [3.05, 3.63) is 60.2 Å². The van der Waals surface area contributed by atoms with Crippen LogP contribution in [0.15, 0.2) is 59.6 Å². The van der Waals surface area contributed by atoms with Crippen molar-refractivity contribution in [3.63, 3.8) is 0 Å². The lowest BCUT2D eigenvalue weighted by atomic mass is 10.2. The van der Waals surface area contributed by atoms with E-state index in [0.29, 0.717) is 30.4 Å². The summed E-state index contributed by atoms with van der Waals surface area (Å²) in [4.78, 5) is 16.1. The number of rotatable bonds is 7. The predicted octanol–water partition coefficient (Wildman–Crippen LogP) is 2.47.